The Hall–Kier alpha value is -0.930. The third kappa shape index (κ3) is 3.98. The van der Waals surface area contributed by atoms with Gasteiger partial charge >= 0.3 is 0 Å². The average molecular weight is 211 g/mol. The van der Waals surface area contributed by atoms with Crippen LogP contribution in [0.25, 0.3) is 0 Å². The molecule has 0 fully saturated rings. The quantitative estimate of drug-likeness (QED) is 0.780. The van der Waals surface area contributed by atoms with Gasteiger partial charge in [0.15, 0.2) is 0 Å². The number of hydrogen-bond acceptors (Lipinski definition) is 2. The van der Waals surface area contributed by atoms with Crippen molar-refractivity contribution in [3.05, 3.63) is 35.1 Å². The number of rotatable bonds is 5. The summed E-state index contributed by atoms with van der Waals surface area (Å²) in [7, 11) is 0. The van der Waals surface area contributed by atoms with Crippen LogP contribution in [-0.2, 0) is 6.54 Å². The van der Waals surface area contributed by atoms with E-state index in [9.17, 15) is 9.50 Å². The number of benzene rings is 1. The number of halogens is 1. The molecule has 15 heavy (non-hydrogen) atoms. The molecule has 1 unspecified atom stereocenters. The second kappa shape index (κ2) is 5.83. The summed E-state index contributed by atoms with van der Waals surface area (Å²) in [5, 5.41) is 12.4. The summed E-state index contributed by atoms with van der Waals surface area (Å²) in [6.45, 7) is 5.03. The lowest BCUT2D eigenvalue weighted by molar-refractivity contribution is 0.167. The topological polar surface area (TPSA) is 32.3 Å². The number of aryl methyl sites for hydroxylation is 1. The fourth-order valence-electron chi connectivity index (χ4n) is 1.35. The van der Waals surface area contributed by atoms with Gasteiger partial charge in [-0.3, -0.25) is 0 Å². The smallest absolute Gasteiger partial charge is 0.123 e. The Balaban J connectivity index is 2.46. The van der Waals surface area contributed by atoms with Crippen molar-refractivity contribution < 1.29 is 9.50 Å². The Kier molecular flexibility index (Phi) is 4.72. The first-order valence-corrected chi connectivity index (χ1v) is 5.27. The Morgan fingerprint density at radius 1 is 1.47 bits per heavy atom. The zero-order valence-electron chi connectivity index (χ0n) is 9.26. The molecule has 0 aliphatic rings. The lowest BCUT2D eigenvalue weighted by atomic mass is 10.1. The van der Waals surface area contributed by atoms with Gasteiger partial charge in [0.1, 0.15) is 5.82 Å². The highest BCUT2D eigenvalue weighted by Crippen LogP contribution is 2.09. The molecule has 0 amide bonds. The van der Waals surface area contributed by atoms with Gasteiger partial charge in [0.05, 0.1) is 6.10 Å². The standard InChI is InChI=1S/C12H18FNO/c1-3-12(15)8-14-7-10-6-11(13)5-4-9(10)2/h4-6,12,14-15H,3,7-8H2,1-2H3. The molecule has 0 saturated carbocycles. The van der Waals surface area contributed by atoms with Crippen LogP contribution in [0.2, 0.25) is 0 Å². The predicted molar refractivity (Wildman–Crippen MR) is 59.1 cm³/mol. The minimum absolute atomic E-state index is 0.214. The first-order valence-electron chi connectivity index (χ1n) is 5.27. The molecule has 2 N–H and O–H groups in total. The molecular weight excluding hydrogens is 193 g/mol. The first kappa shape index (κ1) is 12.1. The van der Waals surface area contributed by atoms with E-state index >= 15 is 0 Å². The molecule has 1 rings (SSSR count). The molecule has 3 heteroatoms. The summed E-state index contributed by atoms with van der Waals surface area (Å²) in [6, 6.07) is 4.75. The normalized spacial score (nSPS) is 12.8. The van der Waals surface area contributed by atoms with Crippen molar-refractivity contribution in [2.75, 3.05) is 6.54 Å². The highest BCUT2D eigenvalue weighted by molar-refractivity contribution is 5.26. The molecular formula is C12H18FNO. The van der Waals surface area contributed by atoms with Crippen molar-refractivity contribution in [3.63, 3.8) is 0 Å². The van der Waals surface area contributed by atoms with Gasteiger partial charge < -0.3 is 10.4 Å². The van der Waals surface area contributed by atoms with E-state index in [1.165, 1.54) is 12.1 Å². The van der Waals surface area contributed by atoms with Crippen LogP contribution in [0, 0.1) is 12.7 Å². The monoisotopic (exact) mass is 211 g/mol. The molecule has 0 bridgehead atoms. The molecule has 0 saturated heterocycles. The summed E-state index contributed by atoms with van der Waals surface area (Å²) in [4.78, 5) is 0. The highest BCUT2D eigenvalue weighted by atomic mass is 19.1. The van der Waals surface area contributed by atoms with Crippen LogP contribution in [0.15, 0.2) is 18.2 Å². The van der Waals surface area contributed by atoms with Crippen LogP contribution in [0.5, 0.6) is 0 Å². The molecule has 2 nitrogen and oxygen atoms in total. The van der Waals surface area contributed by atoms with Gasteiger partial charge in [-0.05, 0) is 36.6 Å². The van der Waals surface area contributed by atoms with Crippen LogP contribution in [-0.4, -0.2) is 17.8 Å². The number of aliphatic hydroxyl groups excluding tert-OH is 1. The SMILES string of the molecule is CCC(O)CNCc1cc(F)ccc1C. The van der Waals surface area contributed by atoms with E-state index in [2.05, 4.69) is 5.32 Å². The third-order valence-corrected chi connectivity index (χ3v) is 2.48. The molecule has 1 atom stereocenters. The average Bonchev–Trinajstić information content (AvgIpc) is 2.23. The molecule has 0 aromatic heterocycles. The fraction of sp³-hybridized carbons (Fsp3) is 0.500. The summed E-state index contributed by atoms with van der Waals surface area (Å²) < 4.78 is 12.9. The highest BCUT2D eigenvalue weighted by Gasteiger charge is 2.02. The molecule has 0 aliphatic heterocycles. The molecule has 0 aliphatic carbocycles. The minimum atomic E-state index is -0.320. The second-order valence-electron chi connectivity index (χ2n) is 3.76. The van der Waals surface area contributed by atoms with E-state index in [-0.39, 0.29) is 11.9 Å². The molecule has 0 spiro atoms. The molecule has 0 radical (unpaired) electrons. The summed E-state index contributed by atoms with van der Waals surface area (Å²) >= 11 is 0. The van der Waals surface area contributed by atoms with E-state index in [0.29, 0.717) is 13.1 Å². The van der Waals surface area contributed by atoms with Crippen molar-refractivity contribution in [1.82, 2.24) is 5.32 Å². The maximum Gasteiger partial charge on any atom is 0.123 e. The lowest BCUT2D eigenvalue weighted by Crippen LogP contribution is -2.26. The number of hydrogen-bond donors (Lipinski definition) is 2. The Morgan fingerprint density at radius 2 is 2.20 bits per heavy atom. The van der Waals surface area contributed by atoms with Crippen LogP contribution < -0.4 is 5.32 Å². The largest absolute Gasteiger partial charge is 0.392 e. The minimum Gasteiger partial charge on any atom is -0.392 e. The van der Waals surface area contributed by atoms with Crippen molar-refractivity contribution in [2.45, 2.75) is 32.9 Å². The number of aliphatic hydroxyl groups is 1. The van der Waals surface area contributed by atoms with Crippen LogP contribution in [0.3, 0.4) is 0 Å². The van der Waals surface area contributed by atoms with Gasteiger partial charge in [0.25, 0.3) is 0 Å². The third-order valence-electron chi connectivity index (χ3n) is 2.48. The maximum atomic E-state index is 12.9. The lowest BCUT2D eigenvalue weighted by Gasteiger charge is -2.11. The van der Waals surface area contributed by atoms with E-state index in [0.717, 1.165) is 17.5 Å². The van der Waals surface area contributed by atoms with Gasteiger partial charge in [-0.25, -0.2) is 4.39 Å². The Morgan fingerprint density at radius 3 is 2.87 bits per heavy atom. The van der Waals surface area contributed by atoms with E-state index < -0.39 is 0 Å². The molecule has 1 aromatic rings. The predicted octanol–water partition coefficient (Wildman–Crippen LogP) is 1.99. The van der Waals surface area contributed by atoms with Gasteiger partial charge in [0.2, 0.25) is 0 Å². The van der Waals surface area contributed by atoms with E-state index in [1.54, 1.807) is 6.07 Å². The molecule has 84 valence electrons. The van der Waals surface area contributed by atoms with Crippen molar-refractivity contribution in [2.24, 2.45) is 0 Å². The van der Waals surface area contributed by atoms with Crippen molar-refractivity contribution in [3.8, 4) is 0 Å². The van der Waals surface area contributed by atoms with Crippen LogP contribution in [0.1, 0.15) is 24.5 Å². The van der Waals surface area contributed by atoms with Gasteiger partial charge in [-0.2, -0.15) is 0 Å². The fourth-order valence-corrected chi connectivity index (χ4v) is 1.35. The maximum absolute atomic E-state index is 12.9. The van der Waals surface area contributed by atoms with Crippen LogP contribution in [0.4, 0.5) is 4.39 Å². The van der Waals surface area contributed by atoms with Crippen LogP contribution >= 0.6 is 0 Å². The Bertz CT molecular complexity index is 314. The number of nitrogens with one attached hydrogen (secondary N) is 1. The second-order valence-corrected chi connectivity index (χ2v) is 3.76. The molecule has 1 aromatic carbocycles. The van der Waals surface area contributed by atoms with E-state index in [4.69, 9.17) is 0 Å². The van der Waals surface area contributed by atoms with Crippen molar-refractivity contribution in [1.29, 1.82) is 0 Å². The van der Waals surface area contributed by atoms with Gasteiger partial charge in [-0.1, -0.05) is 13.0 Å². The molecule has 0 heterocycles. The zero-order valence-corrected chi connectivity index (χ0v) is 9.26. The van der Waals surface area contributed by atoms with E-state index in [1.807, 2.05) is 13.8 Å². The first-order chi connectivity index (χ1) is 7.13. The Labute approximate surface area is 90.1 Å². The summed E-state index contributed by atoms with van der Waals surface area (Å²) in [5.41, 5.74) is 2.01. The zero-order chi connectivity index (χ0) is 11.3. The summed E-state index contributed by atoms with van der Waals surface area (Å²) in [5.74, 6) is -0.214. The van der Waals surface area contributed by atoms with Gasteiger partial charge in [0, 0.05) is 13.1 Å². The summed E-state index contributed by atoms with van der Waals surface area (Å²) in [6.07, 6.45) is 0.411. The van der Waals surface area contributed by atoms with Crippen molar-refractivity contribution >= 4 is 0 Å². The van der Waals surface area contributed by atoms with Gasteiger partial charge in [-0.15, -0.1) is 0 Å².